The van der Waals surface area contributed by atoms with Crippen LogP contribution in [0.5, 0.6) is 0 Å². The highest BCUT2D eigenvalue weighted by atomic mass is 16.4. The number of amides is 1. The monoisotopic (exact) mass is 281 g/mol. The van der Waals surface area contributed by atoms with Gasteiger partial charge in [0.05, 0.1) is 5.56 Å². The van der Waals surface area contributed by atoms with Crippen LogP contribution in [0.15, 0.2) is 48.7 Å². The van der Waals surface area contributed by atoms with Crippen molar-refractivity contribution >= 4 is 17.6 Å². The molecule has 0 aliphatic carbocycles. The largest absolute Gasteiger partial charge is 0.480 e. The van der Waals surface area contributed by atoms with Gasteiger partial charge in [-0.1, -0.05) is 18.2 Å². The first-order chi connectivity index (χ1) is 10.1. The van der Waals surface area contributed by atoms with E-state index in [1.807, 2.05) is 6.07 Å². The molecule has 6 nitrogen and oxygen atoms in total. The van der Waals surface area contributed by atoms with Crippen LogP contribution in [-0.2, 0) is 4.79 Å². The number of carbonyl (C=O) groups is 2. The summed E-state index contributed by atoms with van der Waals surface area (Å²) in [5, 5.41) is 17.7. The van der Waals surface area contributed by atoms with Gasteiger partial charge in [0.2, 0.25) is 0 Å². The summed E-state index contributed by atoms with van der Waals surface area (Å²) in [6, 6.07) is 13.2. The Morgan fingerprint density at radius 1 is 1.19 bits per heavy atom. The number of carboxylic acid groups (broad SMARTS) is 1. The number of aromatic nitrogens is 1. The van der Waals surface area contributed by atoms with Gasteiger partial charge in [0.15, 0.2) is 0 Å². The summed E-state index contributed by atoms with van der Waals surface area (Å²) in [7, 11) is 0. The Kier molecular flexibility index (Phi) is 4.26. The van der Waals surface area contributed by atoms with Crippen molar-refractivity contribution in [3.05, 3.63) is 59.9 Å². The highest BCUT2D eigenvalue weighted by molar-refractivity contribution is 6.07. The molecule has 0 unspecified atom stereocenters. The topological polar surface area (TPSA) is 94.3 Å². The Bertz CT molecular complexity index is 690. The maximum atomic E-state index is 12.4. The van der Waals surface area contributed by atoms with Gasteiger partial charge >= 0.3 is 5.97 Å². The molecular formula is C15H11N3O3. The molecule has 2 aromatic rings. The minimum Gasteiger partial charge on any atom is -0.480 e. The van der Waals surface area contributed by atoms with Gasteiger partial charge in [-0.25, -0.2) is 4.98 Å². The van der Waals surface area contributed by atoms with Gasteiger partial charge in [-0.2, -0.15) is 5.26 Å². The minimum absolute atomic E-state index is 0.0825. The van der Waals surface area contributed by atoms with Crippen molar-refractivity contribution in [2.75, 3.05) is 11.4 Å². The van der Waals surface area contributed by atoms with Gasteiger partial charge < -0.3 is 5.11 Å². The molecule has 2 rings (SSSR count). The molecular weight excluding hydrogens is 270 g/mol. The molecule has 6 heteroatoms. The molecule has 0 radical (unpaired) electrons. The normalized spacial score (nSPS) is 9.67. The summed E-state index contributed by atoms with van der Waals surface area (Å²) in [5.41, 5.74) is 0.881. The Hall–Kier alpha value is -3.20. The fourth-order valence-corrected chi connectivity index (χ4v) is 1.75. The quantitative estimate of drug-likeness (QED) is 0.920. The molecule has 0 spiro atoms. The molecule has 0 saturated heterocycles. The van der Waals surface area contributed by atoms with Crippen LogP contribution in [0.25, 0.3) is 0 Å². The Labute approximate surface area is 120 Å². The Morgan fingerprint density at radius 3 is 2.43 bits per heavy atom. The summed E-state index contributed by atoms with van der Waals surface area (Å²) < 4.78 is 0. The van der Waals surface area contributed by atoms with Crippen molar-refractivity contribution in [1.82, 2.24) is 4.98 Å². The van der Waals surface area contributed by atoms with Crippen LogP contribution in [0.4, 0.5) is 5.69 Å². The number of hydrogen-bond acceptors (Lipinski definition) is 4. The first kappa shape index (κ1) is 14.2. The zero-order valence-corrected chi connectivity index (χ0v) is 10.9. The van der Waals surface area contributed by atoms with E-state index in [-0.39, 0.29) is 5.69 Å². The van der Waals surface area contributed by atoms with Crippen LogP contribution in [0.3, 0.4) is 0 Å². The van der Waals surface area contributed by atoms with Crippen molar-refractivity contribution in [2.45, 2.75) is 0 Å². The molecule has 1 heterocycles. The van der Waals surface area contributed by atoms with E-state index in [0.717, 1.165) is 4.90 Å². The lowest BCUT2D eigenvalue weighted by Crippen LogP contribution is -2.36. The molecule has 1 aromatic heterocycles. The predicted molar refractivity (Wildman–Crippen MR) is 74.7 cm³/mol. The zero-order valence-electron chi connectivity index (χ0n) is 10.9. The van der Waals surface area contributed by atoms with E-state index in [4.69, 9.17) is 10.4 Å². The van der Waals surface area contributed by atoms with Crippen LogP contribution in [0.1, 0.15) is 16.1 Å². The highest BCUT2D eigenvalue weighted by Gasteiger charge is 2.21. The second-order valence-electron chi connectivity index (χ2n) is 4.16. The van der Waals surface area contributed by atoms with Crippen molar-refractivity contribution in [2.24, 2.45) is 0 Å². The van der Waals surface area contributed by atoms with Crippen LogP contribution < -0.4 is 4.90 Å². The number of nitriles is 1. The number of rotatable bonds is 4. The molecule has 1 aromatic carbocycles. The fourth-order valence-electron chi connectivity index (χ4n) is 1.75. The van der Waals surface area contributed by atoms with Crippen LogP contribution in [-0.4, -0.2) is 28.5 Å². The molecule has 0 bridgehead atoms. The smallest absolute Gasteiger partial charge is 0.323 e. The summed E-state index contributed by atoms with van der Waals surface area (Å²) in [4.78, 5) is 28.4. The lowest BCUT2D eigenvalue weighted by atomic mass is 10.2. The van der Waals surface area contributed by atoms with Crippen LogP contribution in [0, 0.1) is 11.3 Å². The Balaban J connectivity index is 2.34. The van der Waals surface area contributed by atoms with Gasteiger partial charge in [0, 0.05) is 11.9 Å². The third-order valence-electron chi connectivity index (χ3n) is 2.72. The third-order valence-corrected chi connectivity index (χ3v) is 2.72. The van der Waals surface area contributed by atoms with Gasteiger partial charge in [-0.05, 0) is 24.3 Å². The van der Waals surface area contributed by atoms with E-state index in [2.05, 4.69) is 4.98 Å². The third kappa shape index (κ3) is 3.42. The number of hydrogen-bond donors (Lipinski definition) is 1. The lowest BCUT2D eigenvalue weighted by Gasteiger charge is -2.20. The van der Waals surface area contributed by atoms with E-state index in [0.29, 0.717) is 11.3 Å². The highest BCUT2D eigenvalue weighted by Crippen LogP contribution is 2.16. The summed E-state index contributed by atoms with van der Waals surface area (Å²) >= 11 is 0. The van der Waals surface area contributed by atoms with Gasteiger partial charge in [-0.15, -0.1) is 0 Å². The van der Waals surface area contributed by atoms with E-state index in [1.54, 1.807) is 30.3 Å². The summed E-state index contributed by atoms with van der Waals surface area (Å²) in [6.07, 6.45) is 1.27. The summed E-state index contributed by atoms with van der Waals surface area (Å²) in [5.74, 6) is -1.66. The second kappa shape index (κ2) is 6.30. The van der Waals surface area contributed by atoms with Gasteiger partial charge in [0.1, 0.15) is 18.3 Å². The first-order valence-electron chi connectivity index (χ1n) is 6.06. The number of aliphatic carboxylic acids is 1. The number of carbonyl (C=O) groups excluding carboxylic acids is 1. The van der Waals surface area contributed by atoms with Crippen molar-refractivity contribution < 1.29 is 14.7 Å². The molecule has 21 heavy (non-hydrogen) atoms. The molecule has 1 N–H and O–H groups in total. The average Bonchev–Trinajstić information content (AvgIpc) is 2.53. The fraction of sp³-hybridized carbons (Fsp3) is 0.0667. The van der Waals surface area contributed by atoms with E-state index in [9.17, 15) is 9.59 Å². The van der Waals surface area contributed by atoms with Crippen LogP contribution in [0.2, 0.25) is 0 Å². The number of carboxylic acids is 1. The van der Waals surface area contributed by atoms with Gasteiger partial charge in [-0.3, -0.25) is 14.5 Å². The average molecular weight is 281 g/mol. The molecule has 0 atom stereocenters. The number of benzene rings is 1. The van der Waals surface area contributed by atoms with Crippen molar-refractivity contribution in [3.8, 4) is 6.07 Å². The molecule has 1 amide bonds. The van der Waals surface area contributed by atoms with E-state index >= 15 is 0 Å². The number of anilines is 1. The molecule has 0 aliphatic rings. The maximum absolute atomic E-state index is 12.4. The van der Waals surface area contributed by atoms with E-state index in [1.165, 1.54) is 18.3 Å². The zero-order chi connectivity index (χ0) is 15.2. The maximum Gasteiger partial charge on any atom is 0.323 e. The Morgan fingerprint density at radius 2 is 1.90 bits per heavy atom. The number of pyridine rings is 1. The first-order valence-corrected chi connectivity index (χ1v) is 6.06. The minimum atomic E-state index is -1.12. The molecule has 0 saturated carbocycles. The predicted octanol–water partition coefficient (Wildman–Crippen LogP) is 1.68. The van der Waals surface area contributed by atoms with Crippen molar-refractivity contribution in [1.29, 1.82) is 5.26 Å². The SMILES string of the molecule is N#Cc1ccc(C(=O)N(CC(=O)O)c2ccccc2)nc1. The van der Waals surface area contributed by atoms with Crippen LogP contribution >= 0.6 is 0 Å². The molecule has 0 aliphatic heterocycles. The van der Waals surface area contributed by atoms with E-state index < -0.39 is 18.4 Å². The molecule has 0 fully saturated rings. The van der Waals surface area contributed by atoms with Gasteiger partial charge in [0.25, 0.3) is 5.91 Å². The molecule has 104 valence electrons. The standard InChI is InChI=1S/C15H11N3O3/c16-8-11-6-7-13(17-9-11)15(21)18(10-14(19)20)12-4-2-1-3-5-12/h1-7,9H,10H2,(H,19,20). The number of para-hydroxylation sites is 1. The lowest BCUT2D eigenvalue weighted by molar-refractivity contribution is -0.135. The summed E-state index contributed by atoms with van der Waals surface area (Å²) in [6.45, 7) is -0.468. The second-order valence-corrected chi connectivity index (χ2v) is 4.16. The number of nitrogens with zero attached hydrogens (tertiary/aromatic N) is 3. The van der Waals surface area contributed by atoms with Crippen molar-refractivity contribution in [3.63, 3.8) is 0 Å².